The highest BCUT2D eigenvalue weighted by molar-refractivity contribution is 7.13. The van der Waals surface area contributed by atoms with E-state index >= 15 is 0 Å². The molecule has 6 heteroatoms. The van der Waals surface area contributed by atoms with Gasteiger partial charge in [0, 0.05) is 33.5 Å². The number of rotatable bonds is 4. The van der Waals surface area contributed by atoms with Crippen molar-refractivity contribution >= 4 is 28.8 Å². The van der Waals surface area contributed by atoms with Crippen LogP contribution in [-0.4, -0.2) is 16.8 Å². The van der Waals surface area contributed by atoms with E-state index in [1.165, 1.54) is 0 Å². The molecule has 0 unspecified atom stereocenters. The summed E-state index contributed by atoms with van der Waals surface area (Å²) >= 11 is 1.54. The second-order valence-corrected chi connectivity index (χ2v) is 6.53. The number of thiazole rings is 1. The van der Waals surface area contributed by atoms with Crippen molar-refractivity contribution in [3.8, 4) is 10.6 Å². The lowest BCUT2D eigenvalue weighted by molar-refractivity contribution is 0.0995. The van der Waals surface area contributed by atoms with Crippen molar-refractivity contribution in [2.24, 2.45) is 5.73 Å². The first-order valence-electron chi connectivity index (χ1n) is 7.69. The molecule has 0 saturated carbocycles. The number of nitrogens with one attached hydrogen (secondary N) is 1. The second kappa shape index (κ2) is 6.86. The summed E-state index contributed by atoms with van der Waals surface area (Å²) in [4.78, 5) is 28.5. The van der Waals surface area contributed by atoms with E-state index in [0.717, 1.165) is 16.3 Å². The summed E-state index contributed by atoms with van der Waals surface area (Å²) in [6, 6.07) is 12.4. The molecular weight excluding hydrogens is 334 g/mol. The Bertz CT molecular complexity index is 963. The molecule has 3 N–H and O–H groups in total. The van der Waals surface area contributed by atoms with E-state index < -0.39 is 5.91 Å². The van der Waals surface area contributed by atoms with Crippen molar-refractivity contribution in [1.82, 2.24) is 4.98 Å². The quantitative estimate of drug-likeness (QED) is 0.750. The van der Waals surface area contributed by atoms with Crippen LogP contribution in [0.3, 0.4) is 0 Å². The monoisotopic (exact) mass is 351 g/mol. The van der Waals surface area contributed by atoms with Gasteiger partial charge in [0.25, 0.3) is 5.91 Å². The van der Waals surface area contributed by atoms with Gasteiger partial charge in [0.1, 0.15) is 5.01 Å². The molecule has 0 fully saturated rings. The summed E-state index contributed by atoms with van der Waals surface area (Å²) in [5.74, 6) is -0.769. The molecule has 0 aliphatic rings. The summed E-state index contributed by atoms with van der Waals surface area (Å²) in [7, 11) is 0. The van der Waals surface area contributed by atoms with Crippen molar-refractivity contribution < 1.29 is 9.59 Å². The van der Waals surface area contributed by atoms with Gasteiger partial charge in [-0.1, -0.05) is 18.2 Å². The van der Waals surface area contributed by atoms with Crippen LogP contribution in [0.15, 0.2) is 47.8 Å². The number of amides is 2. The number of primary amides is 1. The number of hydrogen-bond donors (Lipinski definition) is 2. The molecule has 25 heavy (non-hydrogen) atoms. The Labute approximate surface area is 149 Å². The lowest BCUT2D eigenvalue weighted by Gasteiger charge is -2.11. The SMILES string of the molecule is Cc1csc(-c2cccc(C(=O)Nc3cccc(C(N)=O)c3C)c2)n1. The van der Waals surface area contributed by atoms with Crippen LogP contribution in [0.1, 0.15) is 32.0 Å². The lowest BCUT2D eigenvalue weighted by atomic mass is 10.1. The molecule has 0 bridgehead atoms. The van der Waals surface area contributed by atoms with E-state index in [9.17, 15) is 9.59 Å². The third-order valence-electron chi connectivity index (χ3n) is 3.84. The van der Waals surface area contributed by atoms with Gasteiger partial charge in [-0.3, -0.25) is 9.59 Å². The number of carbonyl (C=O) groups excluding carboxylic acids is 2. The van der Waals surface area contributed by atoms with Gasteiger partial charge in [-0.25, -0.2) is 4.98 Å². The van der Waals surface area contributed by atoms with E-state index in [0.29, 0.717) is 22.4 Å². The molecule has 2 amide bonds. The largest absolute Gasteiger partial charge is 0.366 e. The predicted octanol–water partition coefficient (Wildman–Crippen LogP) is 3.78. The molecule has 3 aromatic rings. The van der Waals surface area contributed by atoms with Crippen molar-refractivity contribution in [3.05, 3.63) is 70.2 Å². The fourth-order valence-electron chi connectivity index (χ4n) is 2.51. The summed E-state index contributed by atoms with van der Waals surface area (Å²) in [5, 5.41) is 5.69. The second-order valence-electron chi connectivity index (χ2n) is 5.67. The summed E-state index contributed by atoms with van der Waals surface area (Å²) < 4.78 is 0. The van der Waals surface area contributed by atoms with Gasteiger partial charge in [-0.05, 0) is 43.7 Å². The minimum absolute atomic E-state index is 0.250. The van der Waals surface area contributed by atoms with Gasteiger partial charge < -0.3 is 11.1 Å². The zero-order valence-electron chi connectivity index (χ0n) is 13.9. The van der Waals surface area contributed by atoms with Crippen LogP contribution in [0.4, 0.5) is 5.69 Å². The number of nitrogens with two attached hydrogens (primary N) is 1. The fourth-order valence-corrected chi connectivity index (χ4v) is 3.31. The highest BCUT2D eigenvalue weighted by Crippen LogP contribution is 2.25. The number of benzene rings is 2. The van der Waals surface area contributed by atoms with E-state index in [1.54, 1.807) is 48.6 Å². The maximum atomic E-state index is 12.6. The molecule has 126 valence electrons. The third kappa shape index (κ3) is 3.59. The minimum Gasteiger partial charge on any atom is -0.366 e. The van der Waals surface area contributed by atoms with Gasteiger partial charge in [-0.2, -0.15) is 0 Å². The Kier molecular flexibility index (Phi) is 4.63. The van der Waals surface area contributed by atoms with Crippen molar-refractivity contribution in [1.29, 1.82) is 0 Å². The Morgan fingerprint density at radius 1 is 1.12 bits per heavy atom. The van der Waals surface area contributed by atoms with Crippen LogP contribution >= 0.6 is 11.3 Å². The van der Waals surface area contributed by atoms with E-state index in [1.807, 2.05) is 24.4 Å². The summed E-state index contributed by atoms with van der Waals surface area (Å²) in [6.07, 6.45) is 0. The van der Waals surface area contributed by atoms with Crippen molar-refractivity contribution in [2.75, 3.05) is 5.32 Å². The number of carbonyl (C=O) groups is 2. The third-order valence-corrected chi connectivity index (χ3v) is 4.85. The highest BCUT2D eigenvalue weighted by atomic mass is 32.1. The zero-order valence-corrected chi connectivity index (χ0v) is 14.7. The average Bonchev–Trinajstić information content (AvgIpc) is 3.03. The van der Waals surface area contributed by atoms with E-state index in [-0.39, 0.29) is 5.91 Å². The lowest BCUT2D eigenvalue weighted by Crippen LogP contribution is -2.16. The molecule has 0 atom stereocenters. The fraction of sp³-hybridized carbons (Fsp3) is 0.105. The van der Waals surface area contributed by atoms with Gasteiger partial charge in [0.2, 0.25) is 5.91 Å². The van der Waals surface area contributed by atoms with Crippen molar-refractivity contribution in [3.63, 3.8) is 0 Å². The average molecular weight is 351 g/mol. The number of aryl methyl sites for hydroxylation is 1. The molecular formula is C19H17N3O2S. The zero-order chi connectivity index (χ0) is 18.0. The normalized spacial score (nSPS) is 10.5. The molecule has 0 radical (unpaired) electrons. The van der Waals surface area contributed by atoms with Crippen LogP contribution in [0.25, 0.3) is 10.6 Å². The van der Waals surface area contributed by atoms with Crippen LogP contribution in [0.5, 0.6) is 0 Å². The smallest absolute Gasteiger partial charge is 0.255 e. The Balaban J connectivity index is 1.87. The molecule has 5 nitrogen and oxygen atoms in total. The van der Waals surface area contributed by atoms with Crippen LogP contribution in [-0.2, 0) is 0 Å². The summed E-state index contributed by atoms with van der Waals surface area (Å²) in [6.45, 7) is 3.69. The molecule has 0 aliphatic heterocycles. The molecule has 0 aliphatic carbocycles. The standard InChI is InChI=1S/C19H17N3O2S/c1-11-10-25-19(21-11)14-6-3-5-13(9-14)18(24)22-16-8-4-7-15(12(16)2)17(20)23/h3-10H,1-2H3,(H2,20,23)(H,22,24). The van der Waals surface area contributed by atoms with Crippen LogP contribution in [0.2, 0.25) is 0 Å². The minimum atomic E-state index is -0.519. The molecule has 2 aromatic carbocycles. The first-order valence-corrected chi connectivity index (χ1v) is 8.57. The van der Waals surface area contributed by atoms with Gasteiger partial charge in [-0.15, -0.1) is 11.3 Å². The first-order chi connectivity index (χ1) is 12.0. The number of aromatic nitrogens is 1. The Morgan fingerprint density at radius 3 is 2.56 bits per heavy atom. The maximum Gasteiger partial charge on any atom is 0.255 e. The number of hydrogen-bond acceptors (Lipinski definition) is 4. The molecule has 1 aromatic heterocycles. The summed E-state index contributed by atoms with van der Waals surface area (Å²) in [5.41, 5.74) is 9.33. The number of anilines is 1. The predicted molar refractivity (Wildman–Crippen MR) is 99.9 cm³/mol. The molecule has 1 heterocycles. The van der Waals surface area contributed by atoms with E-state index in [2.05, 4.69) is 10.3 Å². The Morgan fingerprint density at radius 2 is 1.88 bits per heavy atom. The number of nitrogens with zero attached hydrogens (tertiary/aromatic N) is 1. The Hall–Kier alpha value is -2.99. The van der Waals surface area contributed by atoms with Gasteiger partial charge in [0.15, 0.2) is 0 Å². The molecule has 0 spiro atoms. The van der Waals surface area contributed by atoms with Crippen molar-refractivity contribution in [2.45, 2.75) is 13.8 Å². The van der Waals surface area contributed by atoms with E-state index in [4.69, 9.17) is 5.73 Å². The molecule has 3 rings (SSSR count). The molecule has 0 saturated heterocycles. The highest BCUT2D eigenvalue weighted by Gasteiger charge is 2.13. The van der Waals surface area contributed by atoms with Crippen LogP contribution in [0, 0.1) is 13.8 Å². The van der Waals surface area contributed by atoms with Crippen LogP contribution < -0.4 is 11.1 Å². The topological polar surface area (TPSA) is 85.1 Å². The van der Waals surface area contributed by atoms with Gasteiger partial charge in [0.05, 0.1) is 0 Å². The first kappa shape index (κ1) is 16.9. The van der Waals surface area contributed by atoms with Gasteiger partial charge >= 0.3 is 0 Å². The maximum absolute atomic E-state index is 12.6.